The quantitative estimate of drug-likeness (QED) is 0.756. The van der Waals surface area contributed by atoms with Crippen molar-refractivity contribution in [2.75, 3.05) is 12.8 Å². The van der Waals surface area contributed by atoms with Crippen LogP contribution < -0.4 is 10.6 Å². The minimum absolute atomic E-state index is 0.127. The molecule has 0 radical (unpaired) electrons. The highest BCUT2D eigenvalue weighted by molar-refractivity contribution is 8.00. The van der Waals surface area contributed by atoms with E-state index in [1.807, 2.05) is 24.3 Å². The molecule has 0 unspecified atom stereocenters. The number of carbonyl (C=O) groups excluding carboxylic acids is 2. The normalized spacial score (nSPS) is 10.2. The van der Waals surface area contributed by atoms with Gasteiger partial charge in [-0.1, -0.05) is 24.3 Å². The number of phenolic OH excluding ortho intramolecular Hbond substituents is 1. The molecule has 3 amide bonds. The number of imide groups is 1. The average Bonchev–Trinajstić information content (AvgIpc) is 2.46. The zero-order valence-electron chi connectivity index (χ0n) is 10.8. The van der Waals surface area contributed by atoms with Crippen molar-refractivity contribution in [1.82, 2.24) is 10.6 Å². The molecule has 104 valence electrons. The third-order valence-corrected chi connectivity index (χ3v) is 3.77. The van der Waals surface area contributed by atoms with Crippen LogP contribution in [0.2, 0.25) is 0 Å². The van der Waals surface area contributed by atoms with Gasteiger partial charge in [-0.2, -0.15) is 0 Å². The van der Waals surface area contributed by atoms with Crippen LogP contribution in [-0.2, 0) is 4.79 Å². The van der Waals surface area contributed by atoms with E-state index in [1.165, 1.54) is 18.8 Å². The first kappa shape index (κ1) is 14.2. The molecular weight excluding hydrogens is 276 g/mol. The Kier molecular flexibility index (Phi) is 4.47. The Morgan fingerprint density at radius 1 is 1.15 bits per heavy atom. The molecule has 5 nitrogen and oxygen atoms in total. The minimum atomic E-state index is -0.522. The fourth-order valence-corrected chi connectivity index (χ4v) is 2.61. The topological polar surface area (TPSA) is 78.4 Å². The van der Waals surface area contributed by atoms with E-state index in [4.69, 9.17) is 0 Å². The number of rotatable bonds is 3. The molecule has 0 saturated carbocycles. The Bertz CT molecular complexity index is 658. The van der Waals surface area contributed by atoms with Gasteiger partial charge in [0, 0.05) is 17.3 Å². The van der Waals surface area contributed by atoms with Gasteiger partial charge in [0.15, 0.2) is 0 Å². The van der Waals surface area contributed by atoms with Crippen molar-refractivity contribution in [1.29, 1.82) is 0 Å². The van der Waals surface area contributed by atoms with Gasteiger partial charge < -0.3 is 10.4 Å². The number of amides is 3. The predicted molar refractivity (Wildman–Crippen MR) is 78.9 cm³/mol. The number of phenols is 1. The van der Waals surface area contributed by atoms with E-state index in [1.54, 1.807) is 12.1 Å². The van der Waals surface area contributed by atoms with Gasteiger partial charge in [-0.25, -0.2) is 4.79 Å². The van der Waals surface area contributed by atoms with Gasteiger partial charge in [-0.3, -0.25) is 10.1 Å². The maximum Gasteiger partial charge on any atom is 0.321 e. The molecule has 0 spiro atoms. The number of fused-ring (bicyclic) bond motifs is 1. The highest BCUT2D eigenvalue weighted by Crippen LogP contribution is 2.33. The number of benzene rings is 2. The highest BCUT2D eigenvalue weighted by Gasteiger charge is 2.09. The van der Waals surface area contributed by atoms with Gasteiger partial charge in [0.05, 0.1) is 5.75 Å². The first-order valence-corrected chi connectivity index (χ1v) is 6.95. The summed E-state index contributed by atoms with van der Waals surface area (Å²) in [6.45, 7) is 0. The maximum atomic E-state index is 11.5. The van der Waals surface area contributed by atoms with E-state index in [9.17, 15) is 14.7 Å². The molecule has 2 rings (SSSR count). The predicted octanol–water partition coefficient (Wildman–Crippen LogP) is 2.09. The summed E-state index contributed by atoms with van der Waals surface area (Å²) in [4.78, 5) is 23.4. The fraction of sp³-hybridized carbons (Fsp3) is 0.143. The van der Waals surface area contributed by atoms with Crippen LogP contribution in [0.5, 0.6) is 5.75 Å². The molecule has 2 aromatic carbocycles. The first-order chi connectivity index (χ1) is 9.61. The Morgan fingerprint density at radius 2 is 1.85 bits per heavy atom. The van der Waals surface area contributed by atoms with Crippen LogP contribution in [0.15, 0.2) is 41.3 Å². The zero-order chi connectivity index (χ0) is 14.5. The van der Waals surface area contributed by atoms with Crippen molar-refractivity contribution in [3.05, 3.63) is 36.4 Å². The fourth-order valence-electron chi connectivity index (χ4n) is 1.75. The molecule has 0 heterocycles. The lowest BCUT2D eigenvalue weighted by atomic mass is 10.1. The van der Waals surface area contributed by atoms with Crippen LogP contribution in [0.3, 0.4) is 0 Å². The second kappa shape index (κ2) is 6.29. The van der Waals surface area contributed by atoms with E-state index < -0.39 is 6.03 Å². The second-order valence-corrected chi connectivity index (χ2v) is 5.06. The summed E-state index contributed by atoms with van der Waals surface area (Å²) in [5.41, 5.74) is 0. The van der Waals surface area contributed by atoms with E-state index in [0.717, 1.165) is 15.7 Å². The van der Waals surface area contributed by atoms with Crippen LogP contribution in [0, 0.1) is 0 Å². The van der Waals surface area contributed by atoms with Gasteiger partial charge in [0.25, 0.3) is 0 Å². The van der Waals surface area contributed by atoms with Crippen molar-refractivity contribution in [3.8, 4) is 5.75 Å². The number of thioether (sulfide) groups is 1. The number of carbonyl (C=O) groups is 2. The minimum Gasteiger partial charge on any atom is -0.507 e. The standard InChI is InChI=1S/C14H14N2O3S/c1-15-14(19)16-13(18)8-20-12-7-6-11(17)9-4-2-3-5-10(9)12/h2-7,17H,8H2,1H3,(H2,15,16,18,19). The maximum absolute atomic E-state index is 11.5. The molecule has 3 N–H and O–H groups in total. The van der Waals surface area contributed by atoms with Crippen molar-refractivity contribution in [2.24, 2.45) is 0 Å². The number of urea groups is 1. The van der Waals surface area contributed by atoms with Gasteiger partial charge in [0.2, 0.25) is 5.91 Å². The lowest BCUT2D eigenvalue weighted by Crippen LogP contribution is -2.38. The molecule has 0 aliphatic carbocycles. The SMILES string of the molecule is CNC(=O)NC(=O)CSc1ccc(O)c2ccccc12. The number of hydrogen-bond donors (Lipinski definition) is 3. The molecule has 0 aromatic heterocycles. The van der Waals surface area contributed by atoms with Crippen LogP contribution in [0.4, 0.5) is 4.79 Å². The second-order valence-electron chi connectivity index (χ2n) is 4.04. The lowest BCUT2D eigenvalue weighted by Gasteiger charge is -2.08. The molecule has 2 aromatic rings. The van der Waals surface area contributed by atoms with E-state index >= 15 is 0 Å². The lowest BCUT2D eigenvalue weighted by molar-refractivity contribution is -0.117. The summed E-state index contributed by atoms with van der Waals surface area (Å²) < 4.78 is 0. The van der Waals surface area contributed by atoms with E-state index in [2.05, 4.69) is 10.6 Å². The molecule has 0 fully saturated rings. The molecule has 0 atom stereocenters. The highest BCUT2D eigenvalue weighted by atomic mass is 32.2. The Hall–Kier alpha value is -2.21. The summed E-state index contributed by atoms with van der Waals surface area (Å²) in [5, 5.41) is 15.9. The Morgan fingerprint density at radius 3 is 2.55 bits per heavy atom. The van der Waals surface area contributed by atoms with Crippen LogP contribution in [0.1, 0.15) is 0 Å². The van der Waals surface area contributed by atoms with E-state index in [-0.39, 0.29) is 17.4 Å². The van der Waals surface area contributed by atoms with Crippen LogP contribution in [0.25, 0.3) is 10.8 Å². The van der Waals surface area contributed by atoms with Crippen molar-refractivity contribution < 1.29 is 14.7 Å². The summed E-state index contributed by atoms with van der Waals surface area (Å²) in [5.74, 6) is -0.0337. The number of nitrogens with one attached hydrogen (secondary N) is 2. The third-order valence-electron chi connectivity index (χ3n) is 2.70. The molecule has 0 saturated heterocycles. The summed E-state index contributed by atoms with van der Waals surface area (Å²) in [6.07, 6.45) is 0. The molecular formula is C14H14N2O3S. The van der Waals surface area contributed by atoms with E-state index in [0.29, 0.717) is 0 Å². The largest absolute Gasteiger partial charge is 0.507 e. The first-order valence-electron chi connectivity index (χ1n) is 5.97. The van der Waals surface area contributed by atoms with Gasteiger partial charge in [-0.15, -0.1) is 11.8 Å². The van der Waals surface area contributed by atoms with Crippen LogP contribution in [-0.4, -0.2) is 29.8 Å². The molecule has 6 heteroatoms. The molecule has 0 aliphatic heterocycles. The van der Waals surface area contributed by atoms with Crippen LogP contribution >= 0.6 is 11.8 Å². The average molecular weight is 290 g/mol. The van der Waals surface area contributed by atoms with Crippen molar-refractivity contribution in [2.45, 2.75) is 4.90 Å². The van der Waals surface area contributed by atoms with Gasteiger partial charge in [-0.05, 0) is 17.5 Å². The molecule has 20 heavy (non-hydrogen) atoms. The zero-order valence-corrected chi connectivity index (χ0v) is 11.7. The van der Waals surface area contributed by atoms with Crippen molar-refractivity contribution in [3.63, 3.8) is 0 Å². The molecule has 0 bridgehead atoms. The Balaban J connectivity index is 2.13. The summed E-state index contributed by atoms with van der Waals surface area (Å²) in [7, 11) is 1.45. The monoisotopic (exact) mass is 290 g/mol. The smallest absolute Gasteiger partial charge is 0.321 e. The Labute approximate surface area is 120 Å². The summed E-state index contributed by atoms with van der Waals surface area (Å²) in [6, 6.07) is 10.3. The van der Waals surface area contributed by atoms with Crippen molar-refractivity contribution >= 4 is 34.5 Å². The van der Waals surface area contributed by atoms with Gasteiger partial charge >= 0.3 is 6.03 Å². The third kappa shape index (κ3) is 3.21. The number of aromatic hydroxyl groups is 1. The number of hydrogen-bond acceptors (Lipinski definition) is 4. The van der Waals surface area contributed by atoms with Gasteiger partial charge in [0.1, 0.15) is 5.75 Å². The molecule has 0 aliphatic rings. The summed E-state index contributed by atoms with van der Waals surface area (Å²) >= 11 is 1.32.